The van der Waals surface area contributed by atoms with Crippen LogP contribution in [0.2, 0.25) is 0 Å². The molecular weight excluding hydrogens is 316 g/mol. The molecule has 6 nitrogen and oxygen atoms in total. The topological polar surface area (TPSA) is 82.3 Å². The molecule has 0 saturated carbocycles. The number of hydrogen-bond donors (Lipinski definition) is 0. The largest absolute Gasteiger partial charge is 0.455 e. The highest BCUT2D eigenvalue weighted by Gasteiger charge is 2.10. The molecule has 96 valence electrons. The average molecular weight is 323 g/mol. The summed E-state index contributed by atoms with van der Waals surface area (Å²) in [6.07, 6.45) is 3.45. The summed E-state index contributed by atoms with van der Waals surface area (Å²) in [5, 5.41) is 10.7. The Balaban J connectivity index is 2.32. The van der Waals surface area contributed by atoms with Crippen LogP contribution < -0.4 is 4.74 Å². The minimum atomic E-state index is -0.516. The van der Waals surface area contributed by atoms with Crippen molar-refractivity contribution in [3.8, 4) is 11.5 Å². The number of rotatable bonds is 4. The second kappa shape index (κ2) is 5.57. The Morgan fingerprint density at radius 1 is 1.21 bits per heavy atom. The lowest BCUT2D eigenvalue weighted by Crippen LogP contribution is -1.91. The van der Waals surface area contributed by atoms with Crippen molar-refractivity contribution >= 4 is 27.9 Å². The Labute approximate surface area is 116 Å². The maximum atomic E-state index is 10.7. The number of nitro benzene ring substituents is 1. The van der Waals surface area contributed by atoms with Crippen LogP contribution in [0, 0.1) is 10.1 Å². The minimum absolute atomic E-state index is 0.0936. The quantitative estimate of drug-likeness (QED) is 0.489. The van der Waals surface area contributed by atoms with Gasteiger partial charge in [-0.15, -0.1) is 0 Å². The van der Waals surface area contributed by atoms with Gasteiger partial charge in [-0.3, -0.25) is 19.9 Å². The van der Waals surface area contributed by atoms with Crippen molar-refractivity contribution in [3.63, 3.8) is 0 Å². The van der Waals surface area contributed by atoms with E-state index in [-0.39, 0.29) is 11.4 Å². The van der Waals surface area contributed by atoms with E-state index in [0.29, 0.717) is 22.1 Å². The lowest BCUT2D eigenvalue weighted by atomic mass is 10.3. The van der Waals surface area contributed by atoms with Crippen molar-refractivity contribution in [3.05, 3.63) is 56.8 Å². The van der Waals surface area contributed by atoms with Gasteiger partial charge in [0.25, 0.3) is 5.69 Å². The highest BCUT2D eigenvalue weighted by atomic mass is 79.9. The van der Waals surface area contributed by atoms with Crippen molar-refractivity contribution in [1.82, 2.24) is 4.98 Å². The standard InChI is InChI=1S/C12H7BrN2O4/c13-9-2-10(15(17)18)4-11(3-9)19-12-1-8(7-16)5-14-6-12/h1-7H. The molecule has 0 aliphatic heterocycles. The molecule has 0 aliphatic rings. The molecule has 19 heavy (non-hydrogen) atoms. The van der Waals surface area contributed by atoms with E-state index >= 15 is 0 Å². The van der Waals surface area contributed by atoms with Crippen molar-refractivity contribution in [1.29, 1.82) is 0 Å². The first-order chi connectivity index (χ1) is 9.08. The number of halogens is 1. The molecule has 7 heteroatoms. The van der Waals surface area contributed by atoms with Gasteiger partial charge in [0.1, 0.15) is 11.5 Å². The van der Waals surface area contributed by atoms with Crippen LogP contribution in [0.25, 0.3) is 0 Å². The average Bonchev–Trinajstić information content (AvgIpc) is 2.38. The van der Waals surface area contributed by atoms with Gasteiger partial charge < -0.3 is 4.74 Å². The van der Waals surface area contributed by atoms with Crippen LogP contribution in [0.5, 0.6) is 11.5 Å². The van der Waals surface area contributed by atoms with Gasteiger partial charge in [-0.05, 0) is 12.1 Å². The van der Waals surface area contributed by atoms with Crippen LogP contribution in [0.3, 0.4) is 0 Å². The molecule has 0 unspecified atom stereocenters. The molecule has 2 rings (SSSR count). The number of carbonyl (C=O) groups excluding carboxylic acids is 1. The van der Waals surface area contributed by atoms with E-state index in [9.17, 15) is 14.9 Å². The Morgan fingerprint density at radius 3 is 2.68 bits per heavy atom. The Bertz CT molecular complexity index is 645. The van der Waals surface area contributed by atoms with E-state index in [1.54, 1.807) is 6.07 Å². The number of pyridine rings is 1. The Hall–Kier alpha value is -2.28. The molecule has 2 aromatic rings. The van der Waals surface area contributed by atoms with Crippen molar-refractivity contribution < 1.29 is 14.5 Å². The van der Waals surface area contributed by atoms with Gasteiger partial charge in [0.2, 0.25) is 0 Å². The van der Waals surface area contributed by atoms with Gasteiger partial charge in [0, 0.05) is 22.3 Å². The number of aldehydes is 1. The minimum Gasteiger partial charge on any atom is -0.455 e. The Morgan fingerprint density at radius 2 is 2.00 bits per heavy atom. The highest BCUT2D eigenvalue weighted by molar-refractivity contribution is 9.10. The van der Waals surface area contributed by atoms with Gasteiger partial charge in [-0.1, -0.05) is 15.9 Å². The highest BCUT2D eigenvalue weighted by Crippen LogP contribution is 2.29. The van der Waals surface area contributed by atoms with Gasteiger partial charge in [0.05, 0.1) is 17.2 Å². The number of benzene rings is 1. The Kier molecular flexibility index (Phi) is 3.86. The smallest absolute Gasteiger partial charge is 0.274 e. The summed E-state index contributed by atoms with van der Waals surface area (Å²) in [7, 11) is 0. The number of nitro groups is 1. The van der Waals surface area contributed by atoms with Gasteiger partial charge in [-0.2, -0.15) is 0 Å². The van der Waals surface area contributed by atoms with Gasteiger partial charge >= 0.3 is 0 Å². The summed E-state index contributed by atoms with van der Waals surface area (Å²) < 4.78 is 5.96. The van der Waals surface area contributed by atoms with Crippen LogP contribution in [0.15, 0.2) is 41.1 Å². The zero-order valence-electron chi connectivity index (χ0n) is 9.45. The third kappa shape index (κ3) is 3.35. The summed E-state index contributed by atoms with van der Waals surface area (Å²) in [6.45, 7) is 0. The zero-order chi connectivity index (χ0) is 13.8. The first-order valence-electron chi connectivity index (χ1n) is 5.11. The molecule has 0 saturated heterocycles. The monoisotopic (exact) mass is 322 g/mol. The van der Waals surface area contributed by atoms with Gasteiger partial charge in [0.15, 0.2) is 6.29 Å². The number of non-ortho nitro benzene ring substituents is 1. The van der Waals surface area contributed by atoms with E-state index in [1.165, 1.54) is 30.6 Å². The number of carbonyl (C=O) groups is 1. The fourth-order valence-corrected chi connectivity index (χ4v) is 1.86. The van der Waals surface area contributed by atoms with Gasteiger partial charge in [-0.25, -0.2) is 0 Å². The molecular formula is C12H7BrN2O4. The maximum absolute atomic E-state index is 10.7. The third-order valence-corrected chi connectivity index (χ3v) is 2.63. The molecule has 0 N–H and O–H groups in total. The number of hydrogen-bond acceptors (Lipinski definition) is 5. The molecule has 0 aliphatic carbocycles. The number of ether oxygens (including phenoxy) is 1. The van der Waals surface area contributed by atoms with E-state index in [1.807, 2.05) is 0 Å². The summed E-state index contributed by atoms with van der Waals surface area (Å²) in [5.74, 6) is 0.614. The zero-order valence-corrected chi connectivity index (χ0v) is 11.0. The van der Waals surface area contributed by atoms with Crippen LogP contribution in [-0.4, -0.2) is 16.2 Å². The van der Waals surface area contributed by atoms with Crippen molar-refractivity contribution in [2.75, 3.05) is 0 Å². The summed E-state index contributed by atoms with van der Waals surface area (Å²) >= 11 is 3.17. The molecule has 0 radical (unpaired) electrons. The molecule has 1 aromatic carbocycles. The molecule has 1 aromatic heterocycles. The molecule has 1 heterocycles. The number of aromatic nitrogens is 1. The molecule has 0 bridgehead atoms. The van der Waals surface area contributed by atoms with E-state index in [2.05, 4.69) is 20.9 Å². The normalized spacial score (nSPS) is 9.95. The molecule has 0 amide bonds. The SMILES string of the molecule is O=Cc1cncc(Oc2cc(Br)cc([N+](=O)[O-])c2)c1. The predicted octanol–water partition coefficient (Wildman–Crippen LogP) is 3.36. The maximum Gasteiger partial charge on any atom is 0.274 e. The lowest BCUT2D eigenvalue weighted by molar-refractivity contribution is -0.385. The fourth-order valence-electron chi connectivity index (χ4n) is 1.40. The summed E-state index contributed by atoms with van der Waals surface area (Å²) in [6, 6.07) is 5.73. The van der Waals surface area contributed by atoms with E-state index in [0.717, 1.165) is 0 Å². The second-order valence-electron chi connectivity index (χ2n) is 3.58. The van der Waals surface area contributed by atoms with Crippen molar-refractivity contribution in [2.24, 2.45) is 0 Å². The molecule has 0 atom stereocenters. The van der Waals surface area contributed by atoms with Crippen LogP contribution in [-0.2, 0) is 0 Å². The predicted molar refractivity (Wildman–Crippen MR) is 70.5 cm³/mol. The second-order valence-corrected chi connectivity index (χ2v) is 4.49. The first-order valence-corrected chi connectivity index (χ1v) is 5.91. The van der Waals surface area contributed by atoms with E-state index < -0.39 is 4.92 Å². The fraction of sp³-hybridized carbons (Fsp3) is 0. The lowest BCUT2D eigenvalue weighted by Gasteiger charge is -2.06. The van der Waals surface area contributed by atoms with Crippen LogP contribution in [0.4, 0.5) is 5.69 Å². The van der Waals surface area contributed by atoms with Crippen molar-refractivity contribution in [2.45, 2.75) is 0 Å². The number of nitrogens with zero attached hydrogens (tertiary/aromatic N) is 2. The van der Waals surface area contributed by atoms with Crippen LogP contribution >= 0.6 is 15.9 Å². The summed E-state index contributed by atoms with van der Waals surface area (Å²) in [5.41, 5.74) is 0.269. The van der Waals surface area contributed by atoms with Crippen LogP contribution in [0.1, 0.15) is 10.4 Å². The van der Waals surface area contributed by atoms with E-state index in [4.69, 9.17) is 4.74 Å². The molecule has 0 spiro atoms. The first kappa shape index (κ1) is 13.2. The third-order valence-electron chi connectivity index (χ3n) is 2.17. The molecule has 0 fully saturated rings. The summed E-state index contributed by atoms with van der Waals surface area (Å²) in [4.78, 5) is 24.7.